The molecule has 0 amide bonds. The van der Waals surface area contributed by atoms with Crippen LogP contribution in [0.25, 0.3) is 27.9 Å². The number of fused-ring (bicyclic) bond motifs is 2. The van der Waals surface area contributed by atoms with E-state index >= 15 is 0 Å². The molecule has 0 fully saturated rings. The van der Waals surface area contributed by atoms with Crippen molar-refractivity contribution in [2.24, 2.45) is 5.92 Å². The first kappa shape index (κ1) is 17.3. The fourth-order valence-corrected chi connectivity index (χ4v) is 3.17. The molecule has 138 valence electrons. The zero-order valence-corrected chi connectivity index (χ0v) is 15.5. The molecule has 1 aromatic carbocycles. The minimum Gasteiger partial charge on any atom is -0.315 e. The zero-order chi connectivity index (χ0) is 19.1. The molecule has 0 radical (unpaired) electrons. The van der Waals surface area contributed by atoms with Crippen molar-refractivity contribution in [2.45, 2.75) is 33.7 Å². The Kier molecular flexibility index (Phi) is 4.22. The lowest BCUT2D eigenvalue weighted by Gasteiger charge is -2.12. The highest BCUT2D eigenvalue weighted by atomic mass is 19.1. The normalized spacial score (nSPS) is 11.7. The van der Waals surface area contributed by atoms with Crippen molar-refractivity contribution < 1.29 is 4.39 Å². The molecule has 0 saturated carbocycles. The van der Waals surface area contributed by atoms with E-state index in [-0.39, 0.29) is 11.4 Å². The minimum absolute atomic E-state index is 0.130. The fraction of sp³-hybridized carbons (Fsp3) is 0.300. The molecule has 0 unspecified atom stereocenters. The molecule has 0 bridgehead atoms. The number of pyridine rings is 1. The van der Waals surface area contributed by atoms with Gasteiger partial charge in [-0.15, -0.1) is 5.10 Å². The summed E-state index contributed by atoms with van der Waals surface area (Å²) in [4.78, 5) is 22.1. The third-order valence-electron chi connectivity index (χ3n) is 4.57. The van der Waals surface area contributed by atoms with E-state index in [0.717, 1.165) is 6.42 Å². The molecule has 0 atom stereocenters. The van der Waals surface area contributed by atoms with Crippen molar-refractivity contribution in [1.82, 2.24) is 24.1 Å². The molecular formula is C20H20FN5O. The number of nitrogens with zero attached hydrogens (tertiary/aromatic N) is 5. The van der Waals surface area contributed by atoms with Gasteiger partial charge in [-0.3, -0.25) is 4.79 Å². The van der Waals surface area contributed by atoms with E-state index in [1.54, 1.807) is 34.3 Å². The third kappa shape index (κ3) is 3.09. The Morgan fingerprint density at radius 1 is 1.11 bits per heavy atom. The van der Waals surface area contributed by atoms with E-state index in [1.807, 2.05) is 6.07 Å². The number of rotatable bonds is 4. The topological polar surface area (TPSA) is 65.1 Å². The molecule has 4 aromatic rings. The summed E-state index contributed by atoms with van der Waals surface area (Å²) in [6.07, 6.45) is 2.67. The van der Waals surface area contributed by atoms with Gasteiger partial charge in [-0.25, -0.2) is 9.37 Å². The highest BCUT2D eigenvalue weighted by Gasteiger charge is 2.18. The van der Waals surface area contributed by atoms with E-state index in [2.05, 4.69) is 28.9 Å². The number of hydrogen-bond acceptors (Lipinski definition) is 4. The summed E-state index contributed by atoms with van der Waals surface area (Å²) in [6, 6.07) is 7.86. The third-order valence-corrected chi connectivity index (χ3v) is 4.57. The summed E-state index contributed by atoms with van der Waals surface area (Å²) >= 11 is 0. The number of halogens is 1. The molecule has 3 heterocycles. The van der Waals surface area contributed by atoms with E-state index in [1.165, 1.54) is 12.1 Å². The predicted molar refractivity (Wildman–Crippen MR) is 102 cm³/mol. The summed E-state index contributed by atoms with van der Waals surface area (Å²) < 4.78 is 16.7. The van der Waals surface area contributed by atoms with Gasteiger partial charge in [-0.05, 0) is 49.6 Å². The molecule has 27 heavy (non-hydrogen) atoms. The molecule has 0 N–H and O–H groups in total. The molecular weight excluding hydrogens is 345 g/mol. The number of aromatic nitrogens is 5. The van der Waals surface area contributed by atoms with Gasteiger partial charge in [0.1, 0.15) is 11.6 Å². The quantitative estimate of drug-likeness (QED) is 0.554. The molecule has 0 spiro atoms. The van der Waals surface area contributed by atoms with Gasteiger partial charge in [-0.1, -0.05) is 13.8 Å². The van der Waals surface area contributed by atoms with Crippen molar-refractivity contribution in [3.8, 4) is 11.3 Å². The lowest BCUT2D eigenvalue weighted by Crippen LogP contribution is -2.22. The maximum absolute atomic E-state index is 13.4. The average Bonchev–Trinajstić information content (AvgIpc) is 3.00. The fourth-order valence-electron chi connectivity index (χ4n) is 3.17. The van der Waals surface area contributed by atoms with Gasteiger partial charge < -0.3 is 4.57 Å². The lowest BCUT2D eigenvalue weighted by atomic mass is 10.1. The van der Waals surface area contributed by atoms with Crippen LogP contribution in [-0.4, -0.2) is 24.1 Å². The molecule has 0 aliphatic heterocycles. The second-order valence-electron chi connectivity index (χ2n) is 7.10. The second kappa shape index (κ2) is 6.57. The Balaban J connectivity index is 2.06. The SMILES string of the molecule is Cc1nc2nc3ccn(CCC(C)C)c(=O)c3c(-c3ccc(F)cc3)n2n1. The Labute approximate surface area is 155 Å². The van der Waals surface area contributed by atoms with Gasteiger partial charge in [0.2, 0.25) is 0 Å². The van der Waals surface area contributed by atoms with Crippen LogP contribution in [0.15, 0.2) is 41.3 Å². The van der Waals surface area contributed by atoms with Crippen LogP contribution in [0, 0.1) is 18.7 Å². The molecule has 0 aliphatic rings. The molecule has 0 saturated heterocycles. The van der Waals surface area contributed by atoms with E-state index in [4.69, 9.17) is 0 Å². The Morgan fingerprint density at radius 3 is 2.56 bits per heavy atom. The van der Waals surface area contributed by atoms with E-state index in [9.17, 15) is 9.18 Å². The Morgan fingerprint density at radius 2 is 1.85 bits per heavy atom. The summed E-state index contributed by atoms with van der Waals surface area (Å²) in [6.45, 7) is 6.65. The molecule has 7 heteroatoms. The number of benzene rings is 1. The highest BCUT2D eigenvalue weighted by Crippen LogP contribution is 2.26. The summed E-state index contributed by atoms with van der Waals surface area (Å²) in [5.41, 5.74) is 1.70. The first-order valence-electron chi connectivity index (χ1n) is 8.96. The first-order chi connectivity index (χ1) is 12.9. The van der Waals surface area contributed by atoms with E-state index in [0.29, 0.717) is 46.2 Å². The summed E-state index contributed by atoms with van der Waals surface area (Å²) in [5.74, 6) is 1.13. The van der Waals surface area contributed by atoms with Crippen LogP contribution in [-0.2, 0) is 6.54 Å². The van der Waals surface area contributed by atoms with Crippen molar-refractivity contribution in [3.05, 3.63) is 58.5 Å². The first-order valence-corrected chi connectivity index (χ1v) is 8.96. The zero-order valence-electron chi connectivity index (χ0n) is 15.5. The molecule has 6 nitrogen and oxygen atoms in total. The van der Waals surface area contributed by atoms with Gasteiger partial charge in [0.15, 0.2) is 0 Å². The predicted octanol–water partition coefficient (Wildman–Crippen LogP) is 3.60. The minimum atomic E-state index is -0.336. The maximum Gasteiger partial charge on any atom is 0.262 e. The maximum atomic E-state index is 13.4. The summed E-state index contributed by atoms with van der Waals surface area (Å²) in [7, 11) is 0. The molecule has 0 aliphatic carbocycles. The molecule has 4 rings (SSSR count). The van der Waals surface area contributed by atoms with Gasteiger partial charge in [0.05, 0.1) is 16.6 Å². The second-order valence-corrected chi connectivity index (χ2v) is 7.10. The van der Waals surface area contributed by atoms with Crippen LogP contribution in [0.3, 0.4) is 0 Å². The average molecular weight is 365 g/mol. The molecule has 3 aromatic heterocycles. The largest absolute Gasteiger partial charge is 0.315 e. The van der Waals surface area contributed by atoms with Gasteiger partial charge in [-0.2, -0.15) is 9.50 Å². The van der Waals surface area contributed by atoms with Crippen molar-refractivity contribution in [1.29, 1.82) is 0 Å². The highest BCUT2D eigenvalue weighted by molar-refractivity contribution is 5.93. The summed E-state index contributed by atoms with van der Waals surface area (Å²) in [5, 5.41) is 4.87. The van der Waals surface area contributed by atoms with Gasteiger partial charge in [0.25, 0.3) is 11.3 Å². The van der Waals surface area contributed by atoms with Crippen LogP contribution in [0.2, 0.25) is 0 Å². The van der Waals surface area contributed by atoms with Crippen LogP contribution >= 0.6 is 0 Å². The van der Waals surface area contributed by atoms with Crippen molar-refractivity contribution in [3.63, 3.8) is 0 Å². The standard InChI is InChI=1S/C20H20FN5O/c1-12(2)8-10-25-11-9-16-17(19(25)27)18(14-4-6-15(21)7-5-14)26-20(23-16)22-13(3)24-26/h4-7,9,11-12H,8,10H2,1-3H3. The van der Waals surface area contributed by atoms with Crippen LogP contribution < -0.4 is 5.56 Å². The Hall–Kier alpha value is -3.09. The van der Waals surface area contributed by atoms with Crippen LogP contribution in [0.1, 0.15) is 26.1 Å². The van der Waals surface area contributed by atoms with Crippen LogP contribution in [0.5, 0.6) is 0 Å². The lowest BCUT2D eigenvalue weighted by molar-refractivity contribution is 0.509. The number of aryl methyl sites for hydroxylation is 2. The van der Waals surface area contributed by atoms with Gasteiger partial charge >= 0.3 is 0 Å². The Bertz CT molecular complexity index is 1190. The number of hydrogen-bond donors (Lipinski definition) is 0. The smallest absolute Gasteiger partial charge is 0.262 e. The van der Waals surface area contributed by atoms with E-state index < -0.39 is 0 Å². The monoisotopic (exact) mass is 365 g/mol. The van der Waals surface area contributed by atoms with Crippen LogP contribution in [0.4, 0.5) is 4.39 Å². The van der Waals surface area contributed by atoms with Crippen molar-refractivity contribution in [2.75, 3.05) is 0 Å². The van der Waals surface area contributed by atoms with Gasteiger partial charge in [0, 0.05) is 18.3 Å². The van der Waals surface area contributed by atoms with Crippen molar-refractivity contribution >= 4 is 16.7 Å².